The summed E-state index contributed by atoms with van der Waals surface area (Å²) in [5, 5.41) is 0. The molecule has 0 amide bonds. The molecule has 0 aromatic heterocycles. The van der Waals surface area contributed by atoms with Crippen LogP contribution in [0.4, 0.5) is 0 Å². The molecule has 1 aliphatic rings. The number of benzene rings is 1. The first-order valence-corrected chi connectivity index (χ1v) is 6.49. The van der Waals surface area contributed by atoms with E-state index in [9.17, 15) is 0 Å². The zero-order chi connectivity index (χ0) is 12.4. The highest BCUT2D eigenvalue weighted by Crippen LogP contribution is 2.35. The molecule has 0 radical (unpaired) electrons. The van der Waals surface area contributed by atoms with Crippen molar-refractivity contribution in [2.45, 2.75) is 38.6 Å². The molecule has 0 saturated heterocycles. The van der Waals surface area contributed by atoms with Crippen molar-refractivity contribution in [2.75, 3.05) is 14.1 Å². The van der Waals surface area contributed by atoms with Crippen molar-refractivity contribution in [1.29, 1.82) is 0 Å². The van der Waals surface area contributed by atoms with Gasteiger partial charge in [-0.15, -0.1) is 0 Å². The van der Waals surface area contributed by atoms with Crippen LogP contribution in [0.25, 0.3) is 0 Å². The lowest BCUT2D eigenvalue weighted by Crippen LogP contribution is -2.36. The van der Waals surface area contributed by atoms with Crippen molar-refractivity contribution in [2.24, 2.45) is 0 Å². The van der Waals surface area contributed by atoms with Gasteiger partial charge in [0.1, 0.15) is 0 Å². The largest absolute Gasteiger partial charge is 0.306 e. The molecule has 1 aliphatic carbocycles. The smallest absolute Gasteiger partial charge is 0.0196 e. The van der Waals surface area contributed by atoms with Crippen molar-refractivity contribution in [1.82, 2.24) is 4.90 Å². The van der Waals surface area contributed by atoms with Crippen LogP contribution in [-0.4, -0.2) is 25.0 Å². The Balaban J connectivity index is 2.42. The molecule has 0 N–H and O–H groups in total. The third kappa shape index (κ3) is 2.61. The molecule has 2 atom stereocenters. The SMILES string of the molecule is CC(C)=C[C@@H]1c2ccccc2CC[C@H]1N(C)C. The van der Waals surface area contributed by atoms with Crippen molar-refractivity contribution in [3.8, 4) is 0 Å². The van der Waals surface area contributed by atoms with E-state index in [1.54, 1.807) is 0 Å². The van der Waals surface area contributed by atoms with Crippen LogP contribution in [0, 0.1) is 0 Å². The molecule has 0 saturated carbocycles. The molecule has 0 spiro atoms. The Kier molecular flexibility index (Phi) is 3.68. The van der Waals surface area contributed by atoms with Gasteiger partial charge in [0.15, 0.2) is 0 Å². The predicted molar refractivity (Wildman–Crippen MR) is 74.4 cm³/mol. The molecule has 0 aliphatic heterocycles. The molecular formula is C16H23N. The van der Waals surface area contributed by atoms with E-state index in [4.69, 9.17) is 0 Å². The van der Waals surface area contributed by atoms with Gasteiger partial charge in [-0.1, -0.05) is 35.9 Å². The zero-order valence-electron chi connectivity index (χ0n) is 11.4. The Bertz CT molecular complexity index is 413. The first-order valence-electron chi connectivity index (χ1n) is 6.49. The maximum Gasteiger partial charge on any atom is 0.0196 e. The summed E-state index contributed by atoms with van der Waals surface area (Å²) < 4.78 is 0. The molecule has 0 bridgehead atoms. The van der Waals surface area contributed by atoms with Gasteiger partial charge in [0, 0.05) is 12.0 Å². The molecule has 2 rings (SSSR count). The van der Waals surface area contributed by atoms with Gasteiger partial charge >= 0.3 is 0 Å². The Morgan fingerprint density at radius 3 is 2.59 bits per heavy atom. The summed E-state index contributed by atoms with van der Waals surface area (Å²) in [7, 11) is 4.40. The normalized spacial score (nSPS) is 23.4. The van der Waals surface area contributed by atoms with Crippen LogP contribution in [0.5, 0.6) is 0 Å². The number of hydrogen-bond acceptors (Lipinski definition) is 1. The molecule has 0 unspecified atom stereocenters. The fraction of sp³-hybridized carbons (Fsp3) is 0.500. The second kappa shape index (κ2) is 5.05. The predicted octanol–water partition coefficient (Wildman–Crippen LogP) is 3.61. The first kappa shape index (κ1) is 12.4. The van der Waals surface area contributed by atoms with Crippen molar-refractivity contribution in [3.63, 3.8) is 0 Å². The minimum Gasteiger partial charge on any atom is -0.306 e. The standard InChI is InChI=1S/C16H23N/c1-12(2)11-15-14-8-6-5-7-13(14)9-10-16(15)17(3)4/h5-8,11,15-16H,9-10H2,1-4H3/t15-,16-/m1/s1. The van der Waals surface area contributed by atoms with Crippen LogP contribution in [0.3, 0.4) is 0 Å². The average Bonchev–Trinajstić information content (AvgIpc) is 2.28. The first-order chi connectivity index (χ1) is 8.09. The summed E-state index contributed by atoms with van der Waals surface area (Å²) in [6.45, 7) is 4.40. The summed E-state index contributed by atoms with van der Waals surface area (Å²) in [5.74, 6) is 0.556. The maximum absolute atomic E-state index is 2.43. The second-order valence-electron chi connectivity index (χ2n) is 5.54. The summed E-state index contributed by atoms with van der Waals surface area (Å²) in [4.78, 5) is 2.38. The van der Waals surface area contributed by atoms with Gasteiger partial charge < -0.3 is 4.90 Å². The lowest BCUT2D eigenvalue weighted by Gasteiger charge is -2.36. The molecule has 1 nitrogen and oxygen atoms in total. The number of likely N-dealkylation sites (N-methyl/N-ethyl adjacent to an activating group) is 1. The summed E-state index contributed by atoms with van der Waals surface area (Å²) in [6, 6.07) is 9.55. The van der Waals surface area contributed by atoms with Gasteiger partial charge in [-0.3, -0.25) is 0 Å². The fourth-order valence-corrected chi connectivity index (χ4v) is 2.92. The molecule has 1 aromatic carbocycles. The van der Waals surface area contributed by atoms with E-state index < -0.39 is 0 Å². The number of allylic oxidation sites excluding steroid dienone is 1. The number of nitrogens with zero attached hydrogens (tertiary/aromatic N) is 1. The molecule has 0 heterocycles. The topological polar surface area (TPSA) is 3.24 Å². The summed E-state index contributed by atoms with van der Waals surface area (Å²) >= 11 is 0. The Morgan fingerprint density at radius 2 is 1.94 bits per heavy atom. The van der Waals surface area contributed by atoms with E-state index in [2.05, 4.69) is 63.2 Å². The molecule has 1 heteroatoms. The highest BCUT2D eigenvalue weighted by molar-refractivity contribution is 5.37. The van der Waals surface area contributed by atoms with Crippen LogP contribution in [-0.2, 0) is 6.42 Å². The molecular weight excluding hydrogens is 206 g/mol. The van der Waals surface area contributed by atoms with Gasteiger partial charge in [-0.05, 0) is 51.9 Å². The minimum absolute atomic E-state index is 0.556. The third-order valence-corrected chi connectivity index (χ3v) is 3.71. The molecule has 0 fully saturated rings. The quantitative estimate of drug-likeness (QED) is 0.700. The summed E-state index contributed by atoms with van der Waals surface area (Å²) in [5.41, 5.74) is 4.48. The Morgan fingerprint density at radius 1 is 1.24 bits per heavy atom. The number of fused-ring (bicyclic) bond motifs is 1. The van der Waals surface area contributed by atoms with Crippen molar-refractivity contribution in [3.05, 3.63) is 47.0 Å². The van der Waals surface area contributed by atoms with E-state index in [1.165, 1.54) is 29.5 Å². The monoisotopic (exact) mass is 229 g/mol. The van der Waals surface area contributed by atoms with Crippen LogP contribution in [0.2, 0.25) is 0 Å². The fourth-order valence-electron chi connectivity index (χ4n) is 2.92. The van der Waals surface area contributed by atoms with E-state index in [1.807, 2.05) is 0 Å². The van der Waals surface area contributed by atoms with E-state index >= 15 is 0 Å². The lowest BCUT2D eigenvalue weighted by molar-refractivity contribution is 0.248. The molecule has 17 heavy (non-hydrogen) atoms. The Hall–Kier alpha value is -1.08. The summed E-state index contributed by atoms with van der Waals surface area (Å²) in [6.07, 6.45) is 4.91. The van der Waals surface area contributed by atoms with Gasteiger partial charge in [0.05, 0.1) is 0 Å². The number of rotatable bonds is 2. The van der Waals surface area contributed by atoms with Gasteiger partial charge in [-0.2, -0.15) is 0 Å². The van der Waals surface area contributed by atoms with E-state index in [-0.39, 0.29) is 0 Å². The average molecular weight is 229 g/mol. The van der Waals surface area contributed by atoms with Crippen molar-refractivity contribution < 1.29 is 0 Å². The highest BCUT2D eigenvalue weighted by atomic mass is 15.1. The van der Waals surface area contributed by atoms with Crippen LogP contribution < -0.4 is 0 Å². The van der Waals surface area contributed by atoms with Gasteiger partial charge in [-0.25, -0.2) is 0 Å². The minimum atomic E-state index is 0.556. The maximum atomic E-state index is 2.43. The van der Waals surface area contributed by atoms with E-state index in [0.29, 0.717) is 12.0 Å². The van der Waals surface area contributed by atoms with Crippen LogP contribution >= 0.6 is 0 Å². The second-order valence-corrected chi connectivity index (χ2v) is 5.54. The van der Waals surface area contributed by atoms with Gasteiger partial charge in [0.25, 0.3) is 0 Å². The van der Waals surface area contributed by atoms with Gasteiger partial charge in [0.2, 0.25) is 0 Å². The van der Waals surface area contributed by atoms with Crippen LogP contribution in [0.1, 0.15) is 37.3 Å². The molecule has 92 valence electrons. The van der Waals surface area contributed by atoms with E-state index in [0.717, 1.165) is 0 Å². The number of aryl methyl sites for hydroxylation is 1. The third-order valence-electron chi connectivity index (χ3n) is 3.71. The Labute approximate surface area is 105 Å². The molecule has 1 aromatic rings. The zero-order valence-corrected chi connectivity index (χ0v) is 11.4. The lowest BCUT2D eigenvalue weighted by atomic mass is 9.78. The van der Waals surface area contributed by atoms with Crippen molar-refractivity contribution >= 4 is 0 Å². The van der Waals surface area contributed by atoms with Crippen LogP contribution in [0.15, 0.2) is 35.9 Å². The highest BCUT2D eigenvalue weighted by Gasteiger charge is 2.28. The number of hydrogen-bond donors (Lipinski definition) is 0.